The van der Waals surface area contributed by atoms with E-state index in [0.717, 1.165) is 18.4 Å². The van der Waals surface area contributed by atoms with Gasteiger partial charge in [-0.2, -0.15) is 0 Å². The molecule has 0 aromatic heterocycles. The Bertz CT molecular complexity index is 283. The Balaban J connectivity index is 2.70. The molecule has 3 nitrogen and oxygen atoms in total. The summed E-state index contributed by atoms with van der Waals surface area (Å²) in [6, 6.07) is 0. The molecule has 17 heavy (non-hydrogen) atoms. The standard InChI is InChI=1S/C14H24O3/c1-4-5-6-7-11-9-12(15)8-10(2)13(11)14(16)17-3/h8,11-13,15H,4-7,9H2,1-3H3. The van der Waals surface area contributed by atoms with E-state index in [2.05, 4.69) is 6.92 Å². The van der Waals surface area contributed by atoms with Crippen molar-refractivity contribution in [2.45, 2.75) is 52.1 Å². The summed E-state index contributed by atoms with van der Waals surface area (Å²) in [5.41, 5.74) is 0.956. The predicted octanol–water partition coefficient (Wildman–Crippen LogP) is 2.68. The monoisotopic (exact) mass is 240 g/mol. The number of aliphatic hydroxyl groups excluding tert-OH is 1. The van der Waals surface area contributed by atoms with E-state index in [0.29, 0.717) is 6.42 Å². The van der Waals surface area contributed by atoms with Crippen LogP contribution in [0.2, 0.25) is 0 Å². The molecule has 0 saturated carbocycles. The summed E-state index contributed by atoms with van der Waals surface area (Å²) in [5.74, 6) is -0.0820. The summed E-state index contributed by atoms with van der Waals surface area (Å²) in [4.78, 5) is 11.8. The molecule has 0 amide bonds. The number of hydrogen-bond donors (Lipinski definition) is 1. The van der Waals surface area contributed by atoms with Gasteiger partial charge in [-0.1, -0.05) is 37.8 Å². The van der Waals surface area contributed by atoms with Crippen LogP contribution < -0.4 is 0 Å². The largest absolute Gasteiger partial charge is 0.469 e. The maximum absolute atomic E-state index is 11.8. The van der Waals surface area contributed by atoms with Crippen molar-refractivity contribution in [3.8, 4) is 0 Å². The van der Waals surface area contributed by atoms with Crippen LogP contribution in [0.4, 0.5) is 0 Å². The maximum Gasteiger partial charge on any atom is 0.313 e. The average Bonchev–Trinajstić information content (AvgIpc) is 2.28. The molecule has 0 heterocycles. The molecule has 0 aliphatic heterocycles. The van der Waals surface area contributed by atoms with Gasteiger partial charge in [0.1, 0.15) is 0 Å². The third-order valence-electron chi connectivity index (χ3n) is 3.60. The van der Waals surface area contributed by atoms with Gasteiger partial charge >= 0.3 is 5.97 Å². The van der Waals surface area contributed by atoms with E-state index < -0.39 is 6.10 Å². The van der Waals surface area contributed by atoms with E-state index in [4.69, 9.17) is 4.74 Å². The van der Waals surface area contributed by atoms with Crippen LogP contribution in [0.15, 0.2) is 11.6 Å². The maximum atomic E-state index is 11.8. The molecule has 1 rings (SSSR count). The van der Waals surface area contributed by atoms with Gasteiger partial charge in [0.25, 0.3) is 0 Å². The number of carbonyl (C=O) groups is 1. The Morgan fingerprint density at radius 1 is 1.53 bits per heavy atom. The number of methoxy groups -OCH3 is 1. The first-order chi connectivity index (χ1) is 8.10. The van der Waals surface area contributed by atoms with Gasteiger partial charge in [0.15, 0.2) is 0 Å². The molecule has 0 spiro atoms. The van der Waals surface area contributed by atoms with Crippen LogP contribution in [0.1, 0.15) is 46.0 Å². The van der Waals surface area contributed by atoms with Gasteiger partial charge in [-0.25, -0.2) is 0 Å². The van der Waals surface area contributed by atoms with Crippen LogP contribution in [-0.2, 0) is 9.53 Å². The van der Waals surface area contributed by atoms with Gasteiger partial charge in [0.2, 0.25) is 0 Å². The number of carbonyl (C=O) groups excluding carboxylic acids is 1. The highest BCUT2D eigenvalue weighted by Crippen LogP contribution is 2.35. The Labute approximate surface area is 104 Å². The summed E-state index contributed by atoms with van der Waals surface area (Å²) < 4.78 is 4.87. The minimum Gasteiger partial charge on any atom is -0.469 e. The molecule has 0 aromatic carbocycles. The lowest BCUT2D eigenvalue weighted by Crippen LogP contribution is -2.32. The van der Waals surface area contributed by atoms with Crippen molar-refractivity contribution in [3.63, 3.8) is 0 Å². The third-order valence-corrected chi connectivity index (χ3v) is 3.60. The summed E-state index contributed by atoms with van der Waals surface area (Å²) in [5, 5.41) is 9.75. The smallest absolute Gasteiger partial charge is 0.313 e. The zero-order chi connectivity index (χ0) is 12.8. The zero-order valence-electron chi connectivity index (χ0n) is 11.1. The third kappa shape index (κ3) is 3.84. The van der Waals surface area contributed by atoms with E-state index in [1.165, 1.54) is 20.0 Å². The van der Waals surface area contributed by atoms with Crippen LogP contribution in [-0.4, -0.2) is 24.3 Å². The lowest BCUT2D eigenvalue weighted by molar-refractivity contribution is -0.146. The van der Waals surface area contributed by atoms with Crippen molar-refractivity contribution in [1.82, 2.24) is 0 Å². The van der Waals surface area contributed by atoms with Gasteiger partial charge in [-0.15, -0.1) is 0 Å². The Kier molecular flexibility index (Phi) is 5.69. The predicted molar refractivity (Wildman–Crippen MR) is 67.5 cm³/mol. The molecule has 3 heteroatoms. The lowest BCUT2D eigenvalue weighted by atomic mass is 9.75. The SMILES string of the molecule is CCCCCC1CC(O)C=C(C)C1C(=O)OC. The Morgan fingerprint density at radius 2 is 2.24 bits per heavy atom. The fourth-order valence-corrected chi connectivity index (χ4v) is 2.74. The number of unbranched alkanes of at least 4 members (excludes halogenated alkanes) is 2. The first-order valence-corrected chi connectivity index (χ1v) is 6.54. The van der Waals surface area contributed by atoms with Crippen LogP contribution >= 0.6 is 0 Å². The van der Waals surface area contributed by atoms with Gasteiger partial charge in [-0.3, -0.25) is 4.79 Å². The van der Waals surface area contributed by atoms with Crippen molar-refractivity contribution >= 4 is 5.97 Å². The van der Waals surface area contributed by atoms with E-state index in [9.17, 15) is 9.90 Å². The first kappa shape index (κ1) is 14.2. The first-order valence-electron chi connectivity index (χ1n) is 6.54. The summed E-state index contributed by atoms with van der Waals surface area (Å²) in [6.45, 7) is 4.08. The Hall–Kier alpha value is -0.830. The molecule has 0 fully saturated rings. The van der Waals surface area contributed by atoms with E-state index in [-0.39, 0.29) is 17.8 Å². The minimum atomic E-state index is -0.400. The van der Waals surface area contributed by atoms with Gasteiger partial charge in [-0.05, 0) is 25.7 Å². The molecule has 0 radical (unpaired) electrons. The number of hydrogen-bond acceptors (Lipinski definition) is 3. The normalized spacial score (nSPS) is 28.7. The second kappa shape index (κ2) is 6.80. The van der Waals surface area contributed by atoms with Crippen molar-refractivity contribution in [1.29, 1.82) is 0 Å². The number of rotatable bonds is 5. The fourth-order valence-electron chi connectivity index (χ4n) is 2.74. The number of esters is 1. The fraction of sp³-hybridized carbons (Fsp3) is 0.786. The van der Waals surface area contributed by atoms with Crippen LogP contribution in [0.3, 0.4) is 0 Å². The average molecular weight is 240 g/mol. The number of aliphatic hydroxyl groups is 1. The zero-order valence-corrected chi connectivity index (χ0v) is 11.1. The molecule has 0 bridgehead atoms. The molecule has 1 aliphatic carbocycles. The molecule has 0 saturated heterocycles. The molecular weight excluding hydrogens is 216 g/mol. The summed E-state index contributed by atoms with van der Waals surface area (Å²) in [6.07, 6.45) is 6.54. The molecule has 98 valence electrons. The molecule has 1 aliphatic rings. The second-order valence-corrected chi connectivity index (χ2v) is 4.97. The lowest BCUT2D eigenvalue weighted by Gasteiger charge is -2.31. The molecule has 0 aromatic rings. The molecule has 3 atom stereocenters. The highest BCUT2D eigenvalue weighted by Gasteiger charge is 2.34. The molecular formula is C14H24O3. The summed E-state index contributed by atoms with van der Waals surface area (Å²) in [7, 11) is 1.43. The van der Waals surface area contributed by atoms with Crippen LogP contribution in [0.25, 0.3) is 0 Å². The van der Waals surface area contributed by atoms with Crippen molar-refractivity contribution < 1.29 is 14.6 Å². The highest BCUT2D eigenvalue weighted by molar-refractivity contribution is 5.76. The van der Waals surface area contributed by atoms with Gasteiger partial charge in [0.05, 0.1) is 19.1 Å². The van der Waals surface area contributed by atoms with Crippen molar-refractivity contribution in [3.05, 3.63) is 11.6 Å². The van der Waals surface area contributed by atoms with E-state index in [1.807, 2.05) is 6.92 Å². The highest BCUT2D eigenvalue weighted by atomic mass is 16.5. The van der Waals surface area contributed by atoms with E-state index in [1.54, 1.807) is 6.08 Å². The van der Waals surface area contributed by atoms with Crippen molar-refractivity contribution in [2.75, 3.05) is 7.11 Å². The minimum absolute atomic E-state index is 0.153. The van der Waals surface area contributed by atoms with Crippen molar-refractivity contribution in [2.24, 2.45) is 11.8 Å². The number of ether oxygens (including phenoxy) is 1. The van der Waals surface area contributed by atoms with Gasteiger partial charge < -0.3 is 9.84 Å². The van der Waals surface area contributed by atoms with Crippen LogP contribution in [0.5, 0.6) is 0 Å². The molecule has 1 N–H and O–H groups in total. The quantitative estimate of drug-likeness (QED) is 0.456. The topological polar surface area (TPSA) is 46.5 Å². The second-order valence-electron chi connectivity index (χ2n) is 4.97. The Morgan fingerprint density at radius 3 is 2.82 bits per heavy atom. The van der Waals surface area contributed by atoms with Crippen LogP contribution in [0, 0.1) is 11.8 Å². The molecule has 3 unspecified atom stereocenters. The van der Waals surface area contributed by atoms with Gasteiger partial charge in [0, 0.05) is 0 Å². The van der Waals surface area contributed by atoms with E-state index >= 15 is 0 Å². The summed E-state index contributed by atoms with van der Waals surface area (Å²) >= 11 is 0.